The highest BCUT2D eigenvalue weighted by atomic mass is 19.4. The zero-order valence-corrected chi connectivity index (χ0v) is 14.6. The highest BCUT2D eigenvalue weighted by molar-refractivity contribution is 6.00. The molecule has 2 amide bonds. The highest BCUT2D eigenvalue weighted by Crippen LogP contribution is 2.29. The van der Waals surface area contributed by atoms with E-state index in [0.717, 1.165) is 34.9 Å². The number of aryl methyl sites for hydroxylation is 3. The van der Waals surface area contributed by atoms with E-state index in [2.05, 4.69) is 10.6 Å². The molecule has 7 heteroatoms. The number of carbonyl (C=O) groups excluding carboxylic acids is 2. The van der Waals surface area contributed by atoms with Crippen molar-refractivity contribution in [2.75, 3.05) is 11.9 Å². The minimum absolute atomic E-state index is 0.157. The summed E-state index contributed by atoms with van der Waals surface area (Å²) in [6.07, 6.45) is -4.53. The van der Waals surface area contributed by atoms with E-state index in [1.807, 2.05) is 32.9 Å². The normalized spacial score (nSPS) is 11.2. The Labute approximate surface area is 149 Å². The molecule has 2 N–H and O–H groups in total. The smallest absolute Gasteiger partial charge is 0.343 e. The predicted molar refractivity (Wildman–Crippen MR) is 93.1 cm³/mol. The Morgan fingerprint density at radius 3 is 2.19 bits per heavy atom. The monoisotopic (exact) mass is 364 g/mol. The standard InChI is InChI=1S/C19H19F3N2O2/c1-11-7-12(2)17(13(3)8-11)24-16(25)10-23-18(26)14-5-4-6-15(9-14)19(20,21)22/h4-9H,10H2,1-3H3,(H,23,26)(H,24,25). The minimum Gasteiger partial charge on any atom is -0.343 e. The van der Waals surface area contributed by atoms with Gasteiger partial charge in [-0.2, -0.15) is 13.2 Å². The number of hydrogen-bond acceptors (Lipinski definition) is 2. The summed E-state index contributed by atoms with van der Waals surface area (Å²) in [7, 11) is 0. The van der Waals surface area contributed by atoms with Crippen LogP contribution >= 0.6 is 0 Å². The molecule has 0 saturated carbocycles. The van der Waals surface area contributed by atoms with Gasteiger partial charge < -0.3 is 10.6 Å². The SMILES string of the molecule is Cc1cc(C)c(NC(=O)CNC(=O)c2cccc(C(F)(F)F)c2)c(C)c1. The average molecular weight is 364 g/mol. The molecule has 138 valence electrons. The van der Waals surface area contributed by atoms with Gasteiger partial charge in [-0.1, -0.05) is 23.8 Å². The molecule has 4 nitrogen and oxygen atoms in total. The first-order valence-corrected chi connectivity index (χ1v) is 7.91. The van der Waals surface area contributed by atoms with Crippen molar-refractivity contribution in [1.29, 1.82) is 0 Å². The van der Waals surface area contributed by atoms with Crippen LogP contribution in [0.4, 0.5) is 18.9 Å². The number of benzene rings is 2. The fourth-order valence-electron chi connectivity index (χ4n) is 2.66. The summed E-state index contributed by atoms with van der Waals surface area (Å²) in [6, 6.07) is 7.88. The van der Waals surface area contributed by atoms with Gasteiger partial charge in [0.2, 0.25) is 5.91 Å². The first kappa shape index (κ1) is 19.5. The Balaban J connectivity index is 2.01. The maximum Gasteiger partial charge on any atom is 0.416 e. The molecular weight excluding hydrogens is 345 g/mol. The molecule has 0 aliphatic carbocycles. The molecule has 2 aromatic rings. The second-order valence-corrected chi connectivity index (χ2v) is 6.08. The lowest BCUT2D eigenvalue weighted by atomic mass is 10.1. The number of hydrogen-bond donors (Lipinski definition) is 2. The molecule has 0 bridgehead atoms. The number of amides is 2. The van der Waals surface area contributed by atoms with Crippen LogP contribution < -0.4 is 10.6 Å². The molecule has 0 saturated heterocycles. The third kappa shape index (κ3) is 4.84. The third-order valence-corrected chi connectivity index (χ3v) is 3.80. The predicted octanol–water partition coefficient (Wildman–Crippen LogP) is 4.00. The van der Waals surface area contributed by atoms with E-state index >= 15 is 0 Å². The summed E-state index contributed by atoms with van der Waals surface area (Å²) >= 11 is 0. The molecule has 0 radical (unpaired) electrons. The molecule has 0 aliphatic heterocycles. The molecule has 0 atom stereocenters. The fourth-order valence-corrected chi connectivity index (χ4v) is 2.66. The van der Waals surface area contributed by atoms with Gasteiger partial charge in [-0.15, -0.1) is 0 Å². The molecular formula is C19H19F3N2O2. The number of alkyl halides is 3. The van der Waals surface area contributed by atoms with Crippen molar-refractivity contribution in [3.05, 3.63) is 64.2 Å². The Hall–Kier alpha value is -2.83. The molecule has 0 spiro atoms. The van der Waals surface area contributed by atoms with E-state index in [0.29, 0.717) is 5.69 Å². The van der Waals surface area contributed by atoms with Gasteiger partial charge in [0.1, 0.15) is 0 Å². The third-order valence-electron chi connectivity index (χ3n) is 3.80. The zero-order valence-electron chi connectivity index (χ0n) is 14.6. The Morgan fingerprint density at radius 2 is 1.62 bits per heavy atom. The van der Waals surface area contributed by atoms with Gasteiger partial charge in [-0.05, 0) is 50.1 Å². The second kappa shape index (κ2) is 7.59. The summed E-state index contributed by atoms with van der Waals surface area (Å²) in [5.74, 6) is -1.20. The first-order valence-electron chi connectivity index (χ1n) is 7.91. The van der Waals surface area contributed by atoms with Gasteiger partial charge >= 0.3 is 6.18 Å². The number of rotatable bonds is 4. The molecule has 26 heavy (non-hydrogen) atoms. The molecule has 2 aromatic carbocycles. The van der Waals surface area contributed by atoms with Crippen LogP contribution in [0.25, 0.3) is 0 Å². The zero-order chi connectivity index (χ0) is 19.5. The van der Waals surface area contributed by atoms with E-state index in [4.69, 9.17) is 0 Å². The lowest BCUT2D eigenvalue weighted by Crippen LogP contribution is -2.33. The van der Waals surface area contributed by atoms with Crippen molar-refractivity contribution < 1.29 is 22.8 Å². The second-order valence-electron chi connectivity index (χ2n) is 6.08. The lowest BCUT2D eigenvalue weighted by molar-refractivity contribution is -0.137. The van der Waals surface area contributed by atoms with Crippen molar-refractivity contribution in [2.45, 2.75) is 26.9 Å². The van der Waals surface area contributed by atoms with E-state index in [1.165, 1.54) is 6.07 Å². The van der Waals surface area contributed by atoms with E-state index in [-0.39, 0.29) is 12.1 Å². The van der Waals surface area contributed by atoms with Gasteiger partial charge in [0.25, 0.3) is 5.91 Å². The highest BCUT2D eigenvalue weighted by Gasteiger charge is 2.30. The van der Waals surface area contributed by atoms with Crippen LogP contribution in [0, 0.1) is 20.8 Å². The van der Waals surface area contributed by atoms with Crippen LogP contribution in [-0.2, 0) is 11.0 Å². The van der Waals surface area contributed by atoms with Crippen LogP contribution in [-0.4, -0.2) is 18.4 Å². The number of nitrogens with one attached hydrogen (secondary N) is 2. The average Bonchev–Trinajstić information content (AvgIpc) is 2.55. The first-order chi connectivity index (χ1) is 12.1. The Bertz CT molecular complexity index is 822. The summed E-state index contributed by atoms with van der Waals surface area (Å²) in [5.41, 5.74) is 2.43. The quantitative estimate of drug-likeness (QED) is 0.862. The van der Waals surface area contributed by atoms with Crippen molar-refractivity contribution in [2.24, 2.45) is 0 Å². The minimum atomic E-state index is -4.53. The molecule has 0 aromatic heterocycles. The van der Waals surface area contributed by atoms with Gasteiger partial charge in [0.15, 0.2) is 0 Å². The topological polar surface area (TPSA) is 58.2 Å². The Morgan fingerprint density at radius 1 is 1.00 bits per heavy atom. The van der Waals surface area contributed by atoms with Crippen LogP contribution in [0.5, 0.6) is 0 Å². The fraction of sp³-hybridized carbons (Fsp3) is 0.263. The van der Waals surface area contributed by atoms with E-state index in [1.54, 1.807) is 0 Å². The van der Waals surface area contributed by atoms with Gasteiger partial charge in [0.05, 0.1) is 12.1 Å². The van der Waals surface area contributed by atoms with Gasteiger partial charge in [0, 0.05) is 11.3 Å². The van der Waals surface area contributed by atoms with Gasteiger partial charge in [-0.3, -0.25) is 9.59 Å². The van der Waals surface area contributed by atoms with Crippen molar-refractivity contribution in [3.8, 4) is 0 Å². The Kier molecular flexibility index (Phi) is 5.69. The lowest BCUT2D eigenvalue weighted by Gasteiger charge is -2.13. The van der Waals surface area contributed by atoms with Crippen LogP contribution in [0.15, 0.2) is 36.4 Å². The van der Waals surface area contributed by atoms with Crippen LogP contribution in [0.3, 0.4) is 0 Å². The maximum absolute atomic E-state index is 12.7. The number of anilines is 1. The van der Waals surface area contributed by atoms with Crippen LogP contribution in [0.2, 0.25) is 0 Å². The molecule has 0 fully saturated rings. The summed E-state index contributed by atoms with van der Waals surface area (Å²) in [5, 5.41) is 5.04. The summed E-state index contributed by atoms with van der Waals surface area (Å²) in [6.45, 7) is 5.32. The van der Waals surface area contributed by atoms with E-state index < -0.39 is 23.6 Å². The summed E-state index contributed by atoms with van der Waals surface area (Å²) < 4.78 is 38.1. The number of halogens is 3. The molecule has 2 rings (SSSR count). The molecule has 0 unspecified atom stereocenters. The maximum atomic E-state index is 12.7. The molecule has 0 heterocycles. The number of carbonyl (C=O) groups is 2. The summed E-state index contributed by atoms with van der Waals surface area (Å²) in [4.78, 5) is 24.1. The van der Waals surface area contributed by atoms with E-state index in [9.17, 15) is 22.8 Å². The van der Waals surface area contributed by atoms with Gasteiger partial charge in [-0.25, -0.2) is 0 Å². The van der Waals surface area contributed by atoms with Crippen molar-refractivity contribution >= 4 is 17.5 Å². The van der Waals surface area contributed by atoms with Crippen LogP contribution in [0.1, 0.15) is 32.6 Å². The molecule has 0 aliphatic rings. The van der Waals surface area contributed by atoms with Crippen molar-refractivity contribution in [1.82, 2.24) is 5.32 Å². The largest absolute Gasteiger partial charge is 0.416 e. The van der Waals surface area contributed by atoms with Crippen molar-refractivity contribution in [3.63, 3.8) is 0 Å².